The Balaban J connectivity index is 1.71. The molecule has 1 fully saturated rings. The first-order valence-corrected chi connectivity index (χ1v) is 8.38. The van der Waals surface area contributed by atoms with Crippen molar-refractivity contribution >= 4 is 22.9 Å². The number of ether oxygens (including phenoxy) is 1. The molecule has 1 aliphatic rings. The molecule has 0 spiro atoms. The molecular formula is C17H25N5O2. The average molecular weight is 331 g/mol. The molecule has 1 saturated heterocycles. The van der Waals surface area contributed by atoms with Crippen LogP contribution in [0.15, 0.2) is 18.6 Å². The van der Waals surface area contributed by atoms with E-state index in [0.29, 0.717) is 6.54 Å². The van der Waals surface area contributed by atoms with E-state index in [9.17, 15) is 4.79 Å². The molecule has 24 heavy (non-hydrogen) atoms. The minimum Gasteiger partial charge on any atom is -0.444 e. The second kappa shape index (κ2) is 6.30. The topological polar surface area (TPSA) is 83.1 Å². The third kappa shape index (κ3) is 3.60. The number of aromatic amines is 1. The van der Waals surface area contributed by atoms with Crippen molar-refractivity contribution in [2.24, 2.45) is 0 Å². The van der Waals surface area contributed by atoms with Gasteiger partial charge in [-0.2, -0.15) is 0 Å². The molecule has 7 nitrogen and oxygen atoms in total. The van der Waals surface area contributed by atoms with Crippen molar-refractivity contribution in [3.8, 4) is 0 Å². The van der Waals surface area contributed by atoms with E-state index in [-0.39, 0.29) is 18.2 Å². The third-order valence-corrected chi connectivity index (χ3v) is 4.20. The third-order valence-electron chi connectivity index (χ3n) is 4.20. The summed E-state index contributed by atoms with van der Waals surface area (Å²) >= 11 is 0. The number of fused-ring (bicyclic) bond motifs is 1. The van der Waals surface area contributed by atoms with E-state index < -0.39 is 5.60 Å². The largest absolute Gasteiger partial charge is 0.444 e. The number of hydrogen-bond acceptors (Lipinski definition) is 5. The predicted octanol–water partition coefficient (Wildman–Crippen LogP) is 3.16. The van der Waals surface area contributed by atoms with Crippen LogP contribution < -0.4 is 5.32 Å². The van der Waals surface area contributed by atoms with Crippen molar-refractivity contribution < 1.29 is 9.53 Å². The lowest BCUT2D eigenvalue weighted by atomic mass is 10.00. The normalized spacial score (nSPS) is 21.8. The molecular weight excluding hydrogens is 306 g/mol. The van der Waals surface area contributed by atoms with Gasteiger partial charge in [-0.15, -0.1) is 0 Å². The summed E-state index contributed by atoms with van der Waals surface area (Å²) in [5.74, 6) is 0.796. The van der Waals surface area contributed by atoms with E-state index in [4.69, 9.17) is 4.74 Å². The van der Waals surface area contributed by atoms with Crippen LogP contribution in [0.2, 0.25) is 0 Å². The lowest BCUT2D eigenvalue weighted by molar-refractivity contribution is 0.0108. The van der Waals surface area contributed by atoms with Crippen LogP contribution in [0.3, 0.4) is 0 Å². The molecule has 0 unspecified atom stereocenters. The quantitative estimate of drug-likeness (QED) is 0.883. The highest BCUT2D eigenvalue weighted by Crippen LogP contribution is 2.24. The Morgan fingerprint density at radius 3 is 2.92 bits per heavy atom. The Bertz CT molecular complexity index is 721. The number of rotatable bonds is 2. The molecule has 2 aromatic heterocycles. The molecule has 0 aromatic carbocycles. The number of nitrogens with one attached hydrogen (secondary N) is 2. The van der Waals surface area contributed by atoms with Gasteiger partial charge in [0.25, 0.3) is 0 Å². The standard InChI is InChI=1S/C17H25N5O2/c1-11-5-6-12(9-22(11)16(23)24-17(2,3)4)21-15-13-7-8-18-14(13)19-10-20-15/h7-8,10-12H,5-6,9H2,1-4H3,(H2,18,19,20,21)/t11-,12-/m0/s1. The van der Waals surface area contributed by atoms with E-state index in [0.717, 1.165) is 29.7 Å². The van der Waals surface area contributed by atoms with Crippen LogP contribution in [0.1, 0.15) is 40.5 Å². The van der Waals surface area contributed by atoms with Gasteiger partial charge in [-0.05, 0) is 46.6 Å². The molecule has 2 N–H and O–H groups in total. The van der Waals surface area contributed by atoms with Crippen LogP contribution in [0.4, 0.5) is 10.6 Å². The van der Waals surface area contributed by atoms with Crippen LogP contribution in [-0.4, -0.2) is 50.2 Å². The van der Waals surface area contributed by atoms with Gasteiger partial charge >= 0.3 is 6.09 Å². The highest BCUT2D eigenvalue weighted by Gasteiger charge is 2.32. The van der Waals surface area contributed by atoms with Gasteiger partial charge in [-0.3, -0.25) is 0 Å². The van der Waals surface area contributed by atoms with Crippen LogP contribution in [0.5, 0.6) is 0 Å². The maximum Gasteiger partial charge on any atom is 0.410 e. The summed E-state index contributed by atoms with van der Waals surface area (Å²) < 4.78 is 5.53. The Hall–Kier alpha value is -2.31. The van der Waals surface area contributed by atoms with Crippen molar-refractivity contribution in [2.75, 3.05) is 11.9 Å². The van der Waals surface area contributed by atoms with Crippen molar-refractivity contribution in [1.82, 2.24) is 19.9 Å². The number of hydrogen-bond donors (Lipinski definition) is 2. The number of anilines is 1. The molecule has 0 bridgehead atoms. The second-order valence-electron chi connectivity index (χ2n) is 7.36. The van der Waals surface area contributed by atoms with Crippen molar-refractivity contribution in [3.63, 3.8) is 0 Å². The Labute approximate surface area is 141 Å². The smallest absolute Gasteiger partial charge is 0.410 e. The van der Waals surface area contributed by atoms with Crippen molar-refractivity contribution in [2.45, 2.75) is 58.2 Å². The van der Waals surface area contributed by atoms with Crippen LogP contribution >= 0.6 is 0 Å². The maximum absolute atomic E-state index is 12.4. The number of carbonyl (C=O) groups is 1. The number of carbonyl (C=O) groups excluding carboxylic acids is 1. The zero-order chi connectivity index (χ0) is 17.3. The predicted molar refractivity (Wildman–Crippen MR) is 92.9 cm³/mol. The molecule has 2 aromatic rings. The molecule has 0 aliphatic carbocycles. The first kappa shape index (κ1) is 16.5. The van der Waals surface area contributed by atoms with Gasteiger partial charge in [0, 0.05) is 24.8 Å². The van der Waals surface area contributed by atoms with E-state index in [2.05, 4.69) is 27.2 Å². The van der Waals surface area contributed by atoms with Gasteiger partial charge in [0.05, 0.1) is 5.39 Å². The summed E-state index contributed by atoms with van der Waals surface area (Å²) in [5, 5.41) is 4.42. The highest BCUT2D eigenvalue weighted by atomic mass is 16.6. The lowest BCUT2D eigenvalue weighted by Gasteiger charge is -2.39. The van der Waals surface area contributed by atoms with Gasteiger partial charge < -0.3 is 19.9 Å². The number of amides is 1. The van der Waals surface area contributed by atoms with E-state index in [1.165, 1.54) is 6.33 Å². The maximum atomic E-state index is 12.4. The fraction of sp³-hybridized carbons (Fsp3) is 0.588. The Morgan fingerprint density at radius 2 is 2.17 bits per heavy atom. The monoisotopic (exact) mass is 331 g/mol. The van der Waals surface area contributed by atoms with E-state index >= 15 is 0 Å². The molecule has 2 atom stereocenters. The first-order chi connectivity index (χ1) is 11.3. The zero-order valence-corrected chi connectivity index (χ0v) is 14.7. The number of H-pyrrole nitrogens is 1. The summed E-state index contributed by atoms with van der Waals surface area (Å²) in [4.78, 5) is 25.9. The van der Waals surface area contributed by atoms with E-state index in [1.54, 1.807) is 0 Å². The SMILES string of the molecule is C[C@H]1CC[C@H](Nc2ncnc3[nH]ccc23)CN1C(=O)OC(C)(C)C. The molecule has 0 radical (unpaired) electrons. The number of likely N-dealkylation sites (tertiary alicyclic amines) is 1. The molecule has 0 saturated carbocycles. The molecule has 3 heterocycles. The number of aromatic nitrogens is 3. The van der Waals surface area contributed by atoms with Gasteiger partial charge in [-0.1, -0.05) is 0 Å². The molecule has 1 amide bonds. The fourth-order valence-electron chi connectivity index (χ4n) is 2.98. The first-order valence-electron chi connectivity index (χ1n) is 8.38. The second-order valence-corrected chi connectivity index (χ2v) is 7.36. The Morgan fingerprint density at radius 1 is 1.38 bits per heavy atom. The number of piperidine rings is 1. The summed E-state index contributed by atoms with van der Waals surface area (Å²) in [7, 11) is 0. The summed E-state index contributed by atoms with van der Waals surface area (Å²) in [5.41, 5.74) is 0.321. The minimum atomic E-state index is -0.485. The van der Waals surface area contributed by atoms with Gasteiger partial charge in [-0.25, -0.2) is 14.8 Å². The van der Waals surface area contributed by atoms with Gasteiger partial charge in [0.2, 0.25) is 0 Å². The summed E-state index contributed by atoms with van der Waals surface area (Å²) in [6.07, 6.45) is 5.05. The van der Waals surface area contributed by atoms with Crippen molar-refractivity contribution in [1.29, 1.82) is 0 Å². The van der Waals surface area contributed by atoms with E-state index in [1.807, 2.05) is 37.9 Å². The van der Waals surface area contributed by atoms with Crippen molar-refractivity contribution in [3.05, 3.63) is 18.6 Å². The Kier molecular flexibility index (Phi) is 4.34. The van der Waals surface area contributed by atoms with Crippen LogP contribution in [0, 0.1) is 0 Å². The number of nitrogens with zero attached hydrogens (tertiary/aromatic N) is 3. The summed E-state index contributed by atoms with van der Waals surface area (Å²) in [6, 6.07) is 2.27. The molecule has 130 valence electrons. The van der Waals surface area contributed by atoms with Gasteiger partial charge in [0.1, 0.15) is 23.4 Å². The molecule has 7 heteroatoms. The fourth-order valence-corrected chi connectivity index (χ4v) is 2.98. The van der Waals surface area contributed by atoms with Crippen LogP contribution in [0.25, 0.3) is 11.0 Å². The molecule has 1 aliphatic heterocycles. The van der Waals surface area contributed by atoms with Crippen LogP contribution in [-0.2, 0) is 4.74 Å². The highest BCUT2D eigenvalue weighted by molar-refractivity contribution is 5.86. The minimum absolute atomic E-state index is 0.140. The average Bonchev–Trinajstić information content (AvgIpc) is 2.97. The van der Waals surface area contributed by atoms with Gasteiger partial charge in [0.15, 0.2) is 0 Å². The molecule has 3 rings (SSSR count). The summed E-state index contributed by atoms with van der Waals surface area (Å²) in [6.45, 7) is 8.33. The zero-order valence-electron chi connectivity index (χ0n) is 14.7. The lowest BCUT2D eigenvalue weighted by Crippen LogP contribution is -2.51.